The molecule has 2 aromatic carbocycles. The molecule has 1 heterocycles. The number of methoxy groups -OCH3 is 1. The van der Waals surface area contributed by atoms with Gasteiger partial charge >= 0.3 is 5.97 Å². The third-order valence-corrected chi connectivity index (χ3v) is 4.94. The van der Waals surface area contributed by atoms with Crippen LogP contribution >= 0.6 is 23.8 Å². The van der Waals surface area contributed by atoms with E-state index in [2.05, 4.69) is 10.6 Å². The van der Waals surface area contributed by atoms with Crippen molar-refractivity contribution >= 4 is 46.4 Å². The van der Waals surface area contributed by atoms with Crippen molar-refractivity contribution in [2.24, 2.45) is 0 Å². The van der Waals surface area contributed by atoms with Gasteiger partial charge in [0.1, 0.15) is 0 Å². The highest BCUT2D eigenvalue weighted by atomic mass is 35.5. The number of ketones is 1. The average molecular weight is 447 g/mol. The maximum Gasteiger partial charge on any atom is 0.341 e. The van der Waals surface area contributed by atoms with Crippen LogP contribution < -0.4 is 20.1 Å². The zero-order valence-corrected chi connectivity index (χ0v) is 17.8. The van der Waals surface area contributed by atoms with Crippen molar-refractivity contribution < 1.29 is 24.2 Å². The average Bonchev–Trinajstić information content (AvgIpc) is 2.71. The number of benzene rings is 2. The molecule has 0 aromatic heterocycles. The molecule has 2 aromatic rings. The highest BCUT2D eigenvalue weighted by Gasteiger charge is 2.31. The van der Waals surface area contributed by atoms with Crippen LogP contribution in [0.25, 0.3) is 5.70 Å². The van der Waals surface area contributed by atoms with E-state index in [1.54, 1.807) is 12.1 Å². The Bertz CT molecular complexity index is 1040. The molecule has 3 rings (SSSR count). The third-order valence-electron chi connectivity index (χ3n) is 4.44. The van der Waals surface area contributed by atoms with Crippen LogP contribution in [0.5, 0.6) is 11.5 Å². The van der Waals surface area contributed by atoms with E-state index in [0.717, 1.165) is 5.56 Å². The van der Waals surface area contributed by atoms with Gasteiger partial charge in [0.2, 0.25) is 0 Å². The van der Waals surface area contributed by atoms with Gasteiger partial charge in [0.05, 0.1) is 23.9 Å². The van der Waals surface area contributed by atoms with Crippen LogP contribution in [0.15, 0.2) is 48.0 Å². The van der Waals surface area contributed by atoms with Gasteiger partial charge in [-0.15, -0.1) is 0 Å². The number of carbonyl (C=O) groups excluding carboxylic acids is 1. The summed E-state index contributed by atoms with van der Waals surface area (Å²) < 4.78 is 10.6. The fourth-order valence-corrected chi connectivity index (χ4v) is 3.70. The summed E-state index contributed by atoms with van der Waals surface area (Å²) in [6.45, 7) is 0.911. The Morgan fingerprint density at radius 3 is 2.53 bits per heavy atom. The molecule has 0 bridgehead atoms. The van der Waals surface area contributed by atoms with Gasteiger partial charge < -0.3 is 25.2 Å². The monoisotopic (exact) mass is 446 g/mol. The van der Waals surface area contributed by atoms with E-state index >= 15 is 0 Å². The molecule has 0 radical (unpaired) electrons. The molecule has 0 amide bonds. The van der Waals surface area contributed by atoms with Gasteiger partial charge in [-0.05, 0) is 42.4 Å². The van der Waals surface area contributed by atoms with Crippen LogP contribution in [0.4, 0.5) is 0 Å². The standard InChI is InChI=1S/C21H19ClN2O5S/c1-11(25)17-18(12-6-4-3-5-7-12)23-21(30)24-19(17)13-8-14(22)20(15(9-13)28-2)29-10-16(26)27/h3-9,19H,10H2,1-2H3,(H,26,27)(H2,23,24,30)/t19-/m0/s1. The highest BCUT2D eigenvalue weighted by molar-refractivity contribution is 7.80. The zero-order chi connectivity index (χ0) is 21.8. The van der Waals surface area contributed by atoms with Crippen molar-refractivity contribution in [3.8, 4) is 11.5 Å². The second-order valence-corrected chi connectivity index (χ2v) is 7.27. The minimum absolute atomic E-state index is 0.110. The smallest absolute Gasteiger partial charge is 0.341 e. The van der Waals surface area contributed by atoms with E-state index < -0.39 is 18.6 Å². The van der Waals surface area contributed by atoms with Gasteiger partial charge in [-0.1, -0.05) is 41.9 Å². The van der Waals surface area contributed by atoms with Crippen LogP contribution in [0.2, 0.25) is 5.02 Å². The summed E-state index contributed by atoms with van der Waals surface area (Å²) in [4.78, 5) is 23.5. The molecule has 3 N–H and O–H groups in total. The molecule has 30 heavy (non-hydrogen) atoms. The molecule has 1 atom stereocenters. The van der Waals surface area contributed by atoms with Gasteiger partial charge in [-0.3, -0.25) is 4.79 Å². The van der Waals surface area contributed by atoms with Crippen molar-refractivity contribution in [2.45, 2.75) is 13.0 Å². The lowest BCUT2D eigenvalue weighted by atomic mass is 9.90. The number of hydrogen-bond acceptors (Lipinski definition) is 5. The van der Waals surface area contributed by atoms with Gasteiger partial charge in [0.15, 0.2) is 29.0 Å². The lowest BCUT2D eigenvalue weighted by Crippen LogP contribution is -2.44. The second kappa shape index (κ2) is 9.15. The first-order chi connectivity index (χ1) is 14.3. The first-order valence-electron chi connectivity index (χ1n) is 8.92. The number of hydrogen-bond donors (Lipinski definition) is 3. The molecular formula is C21H19ClN2O5S. The molecular weight excluding hydrogens is 428 g/mol. The number of carboxylic acids is 1. The first kappa shape index (κ1) is 21.6. The lowest BCUT2D eigenvalue weighted by molar-refractivity contribution is -0.139. The van der Waals surface area contributed by atoms with Gasteiger partial charge in [-0.2, -0.15) is 0 Å². The van der Waals surface area contributed by atoms with E-state index in [-0.39, 0.29) is 22.3 Å². The number of nitrogens with one attached hydrogen (secondary N) is 2. The zero-order valence-electron chi connectivity index (χ0n) is 16.2. The molecule has 0 spiro atoms. The van der Waals surface area contributed by atoms with Crippen LogP contribution in [-0.4, -0.2) is 35.7 Å². The Labute approximate surface area is 183 Å². The molecule has 0 unspecified atom stereocenters. The molecule has 1 aliphatic heterocycles. The maximum atomic E-state index is 12.6. The summed E-state index contributed by atoms with van der Waals surface area (Å²) in [5.74, 6) is -0.938. The summed E-state index contributed by atoms with van der Waals surface area (Å²) in [7, 11) is 1.42. The number of thiocarbonyl (C=S) groups is 1. The van der Waals surface area contributed by atoms with Crippen molar-refractivity contribution in [1.29, 1.82) is 0 Å². The van der Waals surface area contributed by atoms with Crippen molar-refractivity contribution in [2.75, 3.05) is 13.7 Å². The van der Waals surface area contributed by atoms with Crippen LogP contribution in [0.3, 0.4) is 0 Å². The predicted octanol–water partition coefficient (Wildman–Crippen LogP) is 3.33. The molecule has 0 saturated carbocycles. The van der Waals surface area contributed by atoms with Crippen LogP contribution in [-0.2, 0) is 9.59 Å². The summed E-state index contributed by atoms with van der Waals surface area (Å²) >= 11 is 11.7. The van der Waals surface area contributed by atoms with E-state index in [1.807, 2.05) is 30.3 Å². The topological polar surface area (TPSA) is 96.9 Å². The van der Waals surface area contributed by atoms with Crippen molar-refractivity contribution in [1.82, 2.24) is 10.6 Å². The normalized spacial score (nSPS) is 15.8. The number of aliphatic carboxylic acids is 1. The summed E-state index contributed by atoms with van der Waals surface area (Å²) in [5, 5.41) is 15.6. The molecule has 0 saturated heterocycles. The fourth-order valence-electron chi connectivity index (χ4n) is 3.21. The molecule has 0 aliphatic carbocycles. The van der Waals surface area contributed by atoms with Gasteiger partial charge in [0.25, 0.3) is 0 Å². The number of carbonyl (C=O) groups is 2. The predicted molar refractivity (Wildman–Crippen MR) is 117 cm³/mol. The largest absolute Gasteiger partial charge is 0.493 e. The summed E-state index contributed by atoms with van der Waals surface area (Å²) in [5.41, 5.74) is 2.52. The molecule has 1 aliphatic rings. The van der Waals surface area contributed by atoms with Crippen molar-refractivity contribution in [3.63, 3.8) is 0 Å². The molecule has 156 valence electrons. The Balaban J connectivity index is 2.13. The number of Topliss-reactive ketones (excluding diaryl/α,β-unsaturated/α-hetero) is 1. The number of rotatable bonds is 7. The SMILES string of the molecule is COc1cc([C@@H]2NC(=S)NC(c3ccccc3)=C2C(C)=O)cc(Cl)c1OCC(=O)O. The summed E-state index contributed by atoms with van der Waals surface area (Å²) in [6, 6.07) is 12.0. The van der Waals surface area contributed by atoms with Crippen LogP contribution in [0.1, 0.15) is 24.1 Å². The molecule has 0 fully saturated rings. The Morgan fingerprint density at radius 1 is 1.23 bits per heavy atom. The first-order valence-corrected chi connectivity index (χ1v) is 9.70. The second-order valence-electron chi connectivity index (χ2n) is 6.46. The quantitative estimate of drug-likeness (QED) is 0.557. The maximum absolute atomic E-state index is 12.6. The third kappa shape index (κ3) is 4.55. The minimum Gasteiger partial charge on any atom is -0.493 e. The van der Waals surface area contributed by atoms with E-state index in [9.17, 15) is 9.59 Å². The number of halogens is 1. The minimum atomic E-state index is -1.14. The van der Waals surface area contributed by atoms with Crippen LogP contribution in [0, 0.1) is 0 Å². The van der Waals surface area contributed by atoms with E-state index in [4.69, 9.17) is 38.4 Å². The van der Waals surface area contributed by atoms with E-state index in [0.29, 0.717) is 21.9 Å². The lowest BCUT2D eigenvalue weighted by Gasteiger charge is -2.31. The fraction of sp³-hybridized carbons (Fsp3) is 0.190. The number of carboxylic acid groups (broad SMARTS) is 1. The molecule has 9 heteroatoms. The summed E-state index contributed by atoms with van der Waals surface area (Å²) in [6.07, 6.45) is 0. The van der Waals surface area contributed by atoms with E-state index in [1.165, 1.54) is 14.0 Å². The van der Waals surface area contributed by atoms with Gasteiger partial charge in [0, 0.05) is 5.57 Å². The Morgan fingerprint density at radius 2 is 1.93 bits per heavy atom. The van der Waals surface area contributed by atoms with Crippen molar-refractivity contribution in [3.05, 3.63) is 64.2 Å². The molecule has 7 nitrogen and oxygen atoms in total. The highest BCUT2D eigenvalue weighted by Crippen LogP contribution is 2.41. The van der Waals surface area contributed by atoms with Gasteiger partial charge in [-0.25, -0.2) is 4.79 Å². The Hall–Kier alpha value is -3.10. The number of ether oxygens (including phenoxy) is 2. The Kier molecular flexibility index (Phi) is 6.59.